The summed E-state index contributed by atoms with van der Waals surface area (Å²) >= 11 is 0. The summed E-state index contributed by atoms with van der Waals surface area (Å²) in [6, 6.07) is 0.756. The molecule has 2 fully saturated rings. The summed E-state index contributed by atoms with van der Waals surface area (Å²) in [5.41, 5.74) is 6.52. The first-order chi connectivity index (χ1) is 10.0. The van der Waals surface area contributed by atoms with Gasteiger partial charge in [0.1, 0.15) is 0 Å². The third-order valence-corrected chi connectivity index (χ3v) is 6.48. The highest BCUT2D eigenvalue weighted by Gasteiger charge is 2.39. The van der Waals surface area contributed by atoms with Crippen molar-refractivity contribution in [2.75, 3.05) is 33.2 Å². The molecule has 0 spiro atoms. The van der Waals surface area contributed by atoms with Crippen LogP contribution in [0.5, 0.6) is 0 Å². The summed E-state index contributed by atoms with van der Waals surface area (Å²) < 4.78 is 0. The second kappa shape index (κ2) is 7.43. The van der Waals surface area contributed by atoms with Gasteiger partial charge in [0, 0.05) is 24.7 Å². The van der Waals surface area contributed by atoms with Crippen LogP contribution in [0.4, 0.5) is 0 Å². The minimum absolute atomic E-state index is 0.271. The molecule has 0 bridgehead atoms. The molecule has 1 atom stereocenters. The number of nitrogens with zero attached hydrogens (tertiary/aromatic N) is 2. The first kappa shape index (κ1) is 17.2. The zero-order valence-electron chi connectivity index (χ0n) is 14.8. The molecule has 1 saturated heterocycles. The number of nitrogens with two attached hydrogens (primary N) is 1. The summed E-state index contributed by atoms with van der Waals surface area (Å²) in [5, 5.41) is 0. The highest BCUT2D eigenvalue weighted by Crippen LogP contribution is 2.38. The third kappa shape index (κ3) is 3.80. The van der Waals surface area contributed by atoms with Crippen LogP contribution in [-0.4, -0.2) is 54.6 Å². The van der Waals surface area contributed by atoms with Crippen LogP contribution in [0.1, 0.15) is 59.3 Å². The van der Waals surface area contributed by atoms with Gasteiger partial charge in [-0.05, 0) is 70.5 Å². The lowest BCUT2D eigenvalue weighted by atomic mass is 9.72. The van der Waals surface area contributed by atoms with Gasteiger partial charge in [0.15, 0.2) is 0 Å². The molecular formula is C18H37N3. The molecule has 1 unspecified atom stereocenters. The SMILES string of the molecule is CCN1CCCC1CN(C)C1(CN)CCC(C(C)C)CC1. The summed E-state index contributed by atoms with van der Waals surface area (Å²) in [6.07, 6.45) is 8.05. The lowest BCUT2D eigenvalue weighted by Crippen LogP contribution is -2.57. The summed E-state index contributed by atoms with van der Waals surface area (Å²) in [5.74, 6) is 1.74. The fraction of sp³-hybridized carbons (Fsp3) is 1.00. The van der Waals surface area contributed by atoms with Gasteiger partial charge in [-0.25, -0.2) is 0 Å². The van der Waals surface area contributed by atoms with E-state index in [1.54, 1.807) is 0 Å². The fourth-order valence-corrected chi connectivity index (χ4v) is 4.61. The van der Waals surface area contributed by atoms with Gasteiger partial charge in [0.2, 0.25) is 0 Å². The normalized spacial score (nSPS) is 35.0. The highest BCUT2D eigenvalue weighted by molar-refractivity contribution is 4.97. The molecule has 2 aliphatic rings. The zero-order chi connectivity index (χ0) is 15.5. The number of hydrogen-bond acceptors (Lipinski definition) is 3. The number of likely N-dealkylation sites (N-methyl/N-ethyl adjacent to an activating group) is 2. The van der Waals surface area contributed by atoms with Crippen LogP contribution in [-0.2, 0) is 0 Å². The number of hydrogen-bond donors (Lipinski definition) is 1. The Balaban J connectivity index is 1.94. The maximum absolute atomic E-state index is 6.25. The Morgan fingerprint density at radius 1 is 1.24 bits per heavy atom. The van der Waals surface area contributed by atoms with E-state index in [1.165, 1.54) is 58.2 Å². The standard InChI is InChI=1S/C18H37N3/c1-5-21-12-6-7-17(21)13-20(4)18(14-19)10-8-16(9-11-18)15(2)3/h15-17H,5-14,19H2,1-4H3. The quantitative estimate of drug-likeness (QED) is 0.818. The molecule has 21 heavy (non-hydrogen) atoms. The van der Waals surface area contributed by atoms with E-state index in [9.17, 15) is 0 Å². The van der Waals surface area contributed by atoms with Crippen molar-refractivity contribution in [3.63, 3.8) is 0 Å². The Hall–Kier alpha value is -0.120. The topological polar surface area (TPSA) is 32.5 Å². The van der Waals surface area contributed by atoms with Crippen molar-refractivity contribution >= 4 is 0 Å². The second-order valence-electron chi connectivity index (χ2n) is 7.82. The Morgan fingerprint density at radius 2 is 1.90 bits per heavy atom. The van der Waals surface area contributed by atoms with Crippen molar-refractivity contribution in [2.24, 2.45) is 17.6 Å². The zero-order valence-corrected chi connectivity index (χ0v) is 14.8. The Labute approximate surface area is 132 Å². The van der Waals surface area contributed by atoms with Crippen molar-refractivity contribution < 1.29 is 0 Å². The van der Waals surface area contributed by atoms with Crippen LogP contribution in [0.25, 0.3) is 0 Å². The summed E-state index contributed by atoms with van der Waals surface area (Å²) in [7, 11) is 2.33. The summed E-state index contributed by atoms with van der Waals surface area (Å²) in [6.45, 7) is 11.6. The molecular weight excluding hydrogens is 258 g/mol. The van der Waals surface area contributed by atoms with Crippen LogP contribution >= 0.6 is 0 Å². The van der Waals surface area contributed by atoms with E-state index in [-0.39, 0.29) is 5.54 Å². The molecule has 3 nitrogen and oxygen atoms in total. The smallest absolute Gasteiger partial charge is 0.0329 e. The Kier molecular flexibility index (Phi) is 6.10. The molecule has 0 amide bonds. The van der Waals surface area contributed by atoms with E-state index in [2.05, 4.69) is 37.6 Å². The van der Waals surface area contributed by atoms with Gasteiger partial charge in [-0.1, -0.05) is 20.8 Å². The van der Waals surface area contributed by atoms with Gasteiger partial charge in [-0.3, -0.25) is 9.80 Å². The molecule has 0 aromatic carbocycles. The Morgan fingerprint density at radius 3 is 2.43 bits per heavy atom. The molecule has 1 aliphatic carbocycles. The van der Waals surface area contributed by atoms with Crippen LogP contribution in [0, 0.1) is 11.8 Å². The van der Waals surface area contributed by atoms with Crippen molar-refractivity contribution in [3.8, 4) is 0 Å². The predicted molar refractivity (Wildman–Crippen MR) is 91.5 cm³/mol. The average molecular weight is 296 g/mol. The Bertz CT molecular complexity index is 308. The van der Waals surface area contributed by atoms with E-state index >= 15 is 0 Å². The maximum Gasteiger partial charge on any atom is 0.0329 e. The van der Waals surface area contributed by atoms with Crippen LogP contribution in [0.15, 0.2) is 0 Å². The molecule has 0 radical (unpaired) electrons. The first-order valence-corrected chi connectivity index (χ1v) is 9.17. The van der Waals surface area contributed by atoms with Gasteiger partial charge >= 0.3 is 0 Å². The third-order valence-electron chi connectivity index (χ3n) is 6.48. The first-order valence-electron chi connectivity index (χ1n) is 9.17. The van der Waals surface area contributed by atoms with Crippen molar-refractivity contribution in [1.82, 2.24) is 9.80 Å². The summed E-state index contributed by atoms with van der Waals surface area (Å²) in [4.78, 5) is 5.28. The molecule has 1 saturated carbocycles. The van der Waals surface area contributed by atoms with Gasteiger partial charge in [-0.2, -0.15) is 0 Å². The maximum atomic E-state index is 6.25. The van der Waals surface area contributed by atoms with E-state index in [0.29, 0.717) is 0 Å². The number of likely N-dealkylation sites (tertiary alicyclic amines) is 1. The van der Waals surface area contributed by atoms with Crippen molar-refractivity contribution in [1.29, 1.82) is 0 Å². The molecule has 0 aromatic rings. The molecule has 3 heteroatoms. The van der Waals surface area contributed by atoms with E-state index in [1.807, 2.05) is 0 Å². The minimum Gasteiger partial charge on any atom is -0.329 e. The number of rotatable bonds is 6. The van der Waals surface area contributed by atoms with Crippen LogP contribution in [0.3, 0.4) is 0 Å². The van der Waals surface area contributed by atoms with Gasteiger partial charge in [0.25, 0.3) is 0 Å². The molecule has 124 valence electrons. The van der Waals surface area contributed by atoms with Crippen LogP contribution < -0.4 is 5.73 Å². The van der Waals surface area contributed by atoms with E-state index in [4.69, 9.17) is 5.73 Å². The van der Waals surface area contributed by atoms with Gasteiger partial charge in [0.05, 0.1) is 0 Å². The van der Waals surface area contributed by atoms with Crippen LogP contribution in [0.2, 0.25) is 0 Å². The van der Waals surface area contributed by atoms with Crippen molar-refractivity contribution in [2.45, 2.75) is 70.9 Å². The second-order valence-corrected chi connectivity index (χ2v) is 7.82. The van der Waals surface area contributed by atoms with Gasteiger partial charge in [-0.15, -0.1) is 0 Å². The monoisotopic (exact) mass is 295 g/mol. The lowest BCUT2D eigenvalue weighted by Gasteiger charge is -2.48. The molecule has 1 heterocycles. The molecule has 2 rings (SSSR count). The average Bonchev–Trinajstić information content (AvgIpc) is 2.94. The predicted octanol–water partition coefficient (Wildman–Crippen LogP) is 2.95. The molecule has 0 aromatic heterocycles. The largest absolute Gasteiger partial charge is 0.329 e. The lowest BCUT2D eigenvalue weighted by molar-refractivity contribution is 0.0380. The molecule has 2 N–H and O–H groups in total. The fourth-order valence-electron chi connectivity index (χ4n) is 4.61. The minimum atomic E-state index is 0.271. The molecule has 1 aliphatic heterocycles. The van der Waals surface area contributed by atoms with Crippen molar-refractivity contribution in [3.05, 3.63) is 0 Å². The van der Waals surface area contributed by atoms with E-state index < -0.39 is 0 Å². The van der Waals surface area contributed by atoms with Gasteiger partial charge < -0.3 is 5.73 Å². The van der Waals surface area contributed by atoms with E-state index in [0.717, 1.165) is 24.4 Å². The highest BCUT2D eigenvalue weighted by atomic mass is 15.3.